The Morgan fingerprint density at radius 2 is 2.08 bits per heavy atom. The van der Waals surface area contributed by atoms with E-state index in [0.29, 0.717) is 6.54 Å². The van der Waals surface area contributed by atoms with Crippen molar-refractivity contribution in [2.24, 2.45) is 0 Å². The summed E-state index contributed by atoms with van der Waals surface area (Å²) in [6.07, 6.45) is 0. The van der Waals surface area contributed by atoms with Crippen LogP contribution in [0.2, 0.25) is 0 Å². The maximum Gasteiger partial charge on any atom is 0.233 e. The molecule has 1 atom stereocenters. The number of carbonyl (C=O) groups is 1. The fourth-order valence-corrected chi connectivity index (χ4v) is 3.45. The van der Waals surface area contributed by atoms with E-state index < -0.39 is 0 Å². The maximum atomic E-state index is 12.3. The molecule has 2 heterocycles. The van der Waals surface area contributed by atoms with E-state index in [2.05, 4.69) is 33.5 Å². The Kier molecular flexibility index (Phi) is 4.85. The van der Waals surface area contributed by atoms with Crippen molar-refractivity contribution in [3.8, 4) is 0 Å². The van der Waals surface area contributed by atoms with E-state index in [1.807, 2.05) is 44.2 Å². The molecule has 24 heavy (non-hydrogen) atoms. The molecule has 0 unspecified atom stereocenters. The lowest BCUT2D eigenvalue weighted by atomic mass is 10.1. The van der Waals surface area contributed by atoms with Crippen LogP contribution in [-0.2, 0) is 11.3 Å². The van der Waals surface area contributed by atoms with Crippen LogP contribution in [0.5, 0.6) is 0 Å². The zero-order valence-electron chi connectivity index (χ0n) is 14.0. The second-order valence-electron chi connectivity index (χ2n) is 5.81. The molecule has 0 fully saturated rings. The van der Waals surface area contributed by atoms with Crippen molar-refractivity contribution in [3.63, 3.8) is 0 Å². The number of hydrogen-bond acceptors (Lipinski definition) is 4. The first kappa shape index (κ1) is 16.5. The van der Waals surface area contributed by atoms with E-state index in [1.54, 1.807) is 0 Å². The van der Waals surface area contributed by atoms with Gasteiger partial charge in [-0.15, -0.1) is 0 Å². The molecule has 0 saturated heterocycles. The molecule has 0 aliphatic rings. The van der Waals surface area contributed by atoms with Gasteiger partial charge in [-0.1, -0.05) is 30.0 Å². The minimum absolute atomic E-state index is 0.0201. The highest BCUT2D eigenvalue weighted by molar-refractivity contribution is 8.00. The SMILES string of the molecule is Cc1cc(CNC(=O)[C@H](C)Sc2cc(C)c3ccccc3n2)n[nH]1. The minimum Gasteiger partial charge on any atom is -0.349 e. The number of hydrogen-bond donors (Lipinski definition) is 2. The summed E-state index contributed by atoms with van der Waals surface area (Å²) in [5.41, 5.74) is 3.94. The number of nitrogens with one attached hydrogen (secondary N) is 2. The Morgan fingerprint density at radius 3 is 2.83 bits per heavy atom. The van der Waals surface area contributed by atoms with Crippen LogP contribution >= 0.6 is 11.8 Å². The number of fused-ring (bicyclic) bond motifs is 1. The van der Waals surface area contributed by atoms with Crippen molar-refractivity contribution < 1.29 is 4.79 Å². The van der Waals surface area contributed by atoms with E-state index in [1.165, 1.54) is 17.3 Å². The van der Waals surface area contributed by atoms with Gasteiger partial charge >= 0.3 is 0 Å². The quantitative estimate of drug-likeness (QED) is 0.699. The zero-order valence-corrected chi connectivity index (χ0v) is 14.8. The van der Waals surface area contributed by atoms with Crippen LogP contribution in [-0.4, -0.2) is 26.3 Å². The van der Waals surface area contributed by atoms with Gasteiger partial charge in [0.2, 0.25) is 5.91 Å². The summed E-state index contributed by atoms with van der Waals surface area (Å²) in [6, 6.07) is 12.0. The van der Waals surface area contributed by atoms with Gasteiger partial charge in [-0.05, 0) is 44.5 Å². The molecule has 0 saturated carbocycles. The van der Waals surface area contributed by atoms with Crippen molar-refractivity contribution in [2.45, 2.75) is 37.6 Å². The van der Waals surface area contributed by atoms with E-state index in [4.69, 9.17) is 0 Å². The monoisotopic (exact) mass is 340 g/mol. The van der Waals surface area contributed by atoms with Crippen LogP contribution in [0.15, 0.2) is 41.4 Å². The number of nitrogens with zero attached hydrogens (tertiary/aromatic N) is 2. The van der Waals surface area contributed by atoms with Crippen molar-refractivity contribution >= 4 is 28.6 Å². The Hall–Kier alpha value is -2.34. The number of thioether (sulfide) groups is 1. The van der Waals surface area contributed by atoms with Gasteiger partial charge in [0.25, 0.3) is 0 Å². The Morgan fingerprint density at radius 1 is 1.29 bits per heavy atom. The number of aryl methyl sites for hydroxylation is 2. The van der Waals surface area contributed by atoms with Crippen molar-refractivity contribution in [1.82, 2.24) is 20.5 Å². The Bertz CT molecular complexity index is 874. The number of amides is 1. The number of pyridine rings is 1. The van der Waals surface area contributed by atoms with Crippen LogP contribution in [0.25, 0.3) is 10.9 Å². The maximum absolute atomic E-state index is 12.3. The fraction of sp³-hybridized carbons (Fsp3) is 0.278. The predicted molar refractivity (Wildman–Crippen MR) is 97.0 cm³/mol. The van der Waals surface area contributed by atoms with Crippen LogP contribution < -0.4 is 5.32 Å². The lowest BCUT2D eigenvalue weighted by Crippen LogP contribution is -2.30. The number of para-hydroxylation sites is 1. The van der Waals surface area contributed by atoms with Crippen LogP contribution in [0.1, 0.15) is 23.9 Å². The third-order valence-electron chi connectivity index (χ3n) is 3.77. The topological polar surface area (TPSA) is 70.7 Å². The van der Waals surface area contributed by atoms with Crippen LogP contribution in [0.4, 0.5) is 0 Å². The summed E-state index contributed by atoms with van der Waals surface area (Å²) < 4.78 is 0. The third-order valence-corrected chi connectivity index (χ3v) is 4.79. The van der Waals surface area contributed by atoms with Gasteiger partial charge in [0.15, 0.2) is 0 Å². The number of aromatic nitrogens is 3. The van der Waals surface area contributed by atoms with Gasteiger partial charge in [-0.2, -0.15) is 5.10 Å². The predicted octanol–water partition coefficient (Wildman–Crippen LogP) is 3.37. The molecule has 0 aliphatic carbocycles. The first-order valence-electron chi connectivity index (χ1n) is 7.84. The molecule has 124 valence electrons. The normalized spacial score (nSPS) is 12.3. The molecule has 5 nitrogen and oxygen atoms in total. The fourth-order valence-electron chi connectivity index (χ4n) is 2.50. The molecule has 0 bridgehead atoms. The van der Waals surface area contributed by atoms with Crippen molar-refractivity contribution in [1.29, 1.82) is 0 Å². The second kappa shape index (κ2) is 7.05. The van der Waals surface area contributed by atoms with E-state index in [-0.39, 0.29) is 11.2 Å². The zero-order chi connectivity index (χ0) is 17.1. The number of carbonyl (C=O) groups excluding carboxylic acids is 1. The average molecular weight is 340 g/mol. The molecule has 1 aromatic carbocycles. The molecule has 0 spiro atoms. The van der Waals surface area contributed by atoms with Crippen molar-refractivity contribution in [2.75, 3.05) is 0 Å². The molecule has 0 aliphatic heterocycles. The smallest absolute Gasteiger partial charge is 0.233 e. The number of rotatable bonds is 5. The molecule has 2 aromatic heterocycles. The second-order valence-corrected chi connectivity index (χ2v) is 7.18. The summed E-state index contributed by atoms with van der Waals surface area (Å²) in [5.74, 6) is -0.0201. The van der Waals surface area contributed by atoms with Crippen molar-refractivity contribution in [3.05, 3.63) is 53.3 Å². The van der Waals surface area contributed by atoms with Crippen LogP contribution in [0, 0.1) is 13.8 Å². The number of aromatic amines is 1. The van der Waals surface area contributed by atoms with Gasteiger partial charge < -0.3 is 5.32 Å². The van der Waals surface area contributed by atoms with Gasteiger partial charge in [0, 0.05) is 11.1 Å². The molecular formula is C18H20N4OS. The van der Waals surface area contributed by atoms with Gasteiger partial charge in [0.1, 0.15) is 0 Å². The summed E-state index contributed by atoms with van der Waals surface area (Å²) >= 11 is 1.47. The Balaban J connectivity index is 1.65. The summed E-state index contributed by atoms with van der Waals surface area (Å²) in [5, 5.41) is 11.7. The lowest BCUT2D eigenvalue weighted by molar-refractivity contribution is -0.120. The highest BCUT2D eigenvalue weighted by Crippen LogP contribution is 2.26. The highest BCUT2D eigenvalue weighted by atomic mass is 32.2. The largest absolute Gasteiger partial charge is 0.349 e. The molecule has 0 radical (unpaired) electrons. The summed E-state index contributed by atoms with van der Waals surface area (Å²) in [6.45, 7) is 6.32. The van der Waals surface area contributed by atoms with Gasteiger partial charge in [0.05, 0.1) is 28.0 Å². The third kappa shape index (κ3) is 3.76. The first-order chi connectivity index (χ1) is 11.5. The van der Waals surface area contributed by atoms with E-state index in [0.717, 1.165) is 27.3 Å². The molecule has 3 aromatic rings. The van der Waals surface area contributed by atoms with Gasteiger partial charge in [-0.3, -0.25) is 9.89 Å². The molecule has 3 rings (SSSR count). The first-order valence-corrected chi connectivity index (χ1v) is 8.72. The average Bonchev–Trinajstić information content (AvgIpc) is 2.98. The molecular weight excluding hydrogens is 320 g/mol. The lowest BCUT2D eigenvalue weighted by Gasteiger charge is -2.12. The number of H-pyrrole nitrogens is 1. The summed E-state index contributed by atoms with van der Waals surface area (Å²) in [7, 11) is 0. The van der Waals surface area contributed by atoms with Crippen LogP contribution in [0.3, 0.4) is 0 Å². The number of benzene rings is 1. The van der Waals surface area contributed by atoms with E-state index >= 15 is 0 Å². The molecule has 6 heteroatoms. The summed E-state index contributed by atoms with van der Waals surface area (Å²) in [4.78, 5) is 16.9. The molecule has 2 N–H and O–H groups in total. The van der Waals surface area contributed by atoms with Gasteiger partial charge in [-0.25, -0.2) is 4.98 Å². The highest BCUT2D eigenvalue weighted by Gasteiger charge is 2.16. The standard InChI is InChI=1S/C18H20N4OS/c1-11-8-17(20-16-7-5-4-6-15(11)16)24-13(3)18(23)19-10-14-9-12(2)21-22-14/h4-9,13H,10H2,1-3H3,(H,19,23)(H,21,22)/t13-/m0/s1. The molecule has 1 amide bonds. The minimum atomic E-state index is -0.224. The van der Waals surface area contributed by atoms with E-state index in [9.17, 15) is 4.79 Å². The Labute approximate surface area is 145 Å².